The molecule has 0 radical (unpaired) electrons. The zero-order chi connectivity index (χ0) is 11.7. The van der Waals surface area contributed by atoms with Crippen LogP contribution in [0.3, 0.4) is 0 Å². The van der Waals surface area contributed by atoms with Gasteiger partial charge in [0.25, 0.3) is 20.2 Å². The van der Waals surface area contributed by atoms with E-state index in [9.17, 15) is 16.8 Å². The van der Waals surface area contributed by atoms with E-state index in [1.165, 1.54) is 30.3 Å². The second-order valence-corrected chi connectivity index (χ2v) is 6.07. The van der Waals surface area contributed by atoms with E-state index in [1.54, 1.807) is 0 Å². The minimum absolute atomic E-state index is 0. The van der Waals surface area contributed by atoms with Gasteiger partial charge in [0, 0.05) is 0 Å². The van der Waals surface area contributed by atoms with Crippen LogP contribution in [0, 0.1) is 0 Å². The molecule has 0 aliphatic heterocycles. The highest BCUT2D eigenvalue weighted by atomic mass is 32.3. The summed E-state index contributed by atoms with van der Waals surface area (Å²) in [5.74, 6) is 0. The fraction of sp³-hybridized carbons (Fsp3) is 0.143. The Bertz CT molecular complexity index is 507. The zero-order valence-corrected chi connectivity index (χ0v) is 10.4. The first-order chi connectivity index (χ1) is 6.73. The van der Waals surface area contributed by atoms with Crippen LogP contribution in [0.2, 0.25) is 0 Å². The van der Waals surface area contributed by atoms with Crippen LogP contribution in [0.4, 0.5) is 0 Å². The third-order valence-electron chi connectivity index (χ3n) is 1.61. The van der Waals surface area contributed by atoms with E-state index in [0.29, 0.717) is 0 Å². The molecule has 100 valence electrons. The molecule has 8 nitrogen and oxygen atoms in total. The van der Waals surface area contributed by atoms with Gasteiger partial charge in [0.1, 0.15) is 0 Å². The molecule has 0 heterocycles. The lowest BCUT2D eigenvalue weighted by Gasteiger charge is -2.10. The molecular weight excluding hydrogens is 272 g/mol. The predicted octanol–water partition coefficient (Wildman–Crippen LogP) is 0.785. The molecule has 17 heavy (non-hydrogen) atoms. The Morgan fingerprint density at radius 3 is 1.47 bits per heavy atom. The number of benzene rings is 1. The highest BCUT2D eigenvalue weighted by Crippen LogP contribution is 2.26. The second-order valence-electron chi connectivity index (χ2n) is 2.77. The summed E-state index contributed by atoms with van der Waals surface area (Å²) in [6.07, 6.45) is 0. The van der Waals surface area contributed by atoms with Crippen LogP contribution >= 0.6 is 0 Å². The second kappa shape index (κ2) is 6.05. The molecule has 0 saturated carbocycles. The van der Waals surface area contributed by atoms with Gasteiger partial charge < -0.3 is 12.3 Å². The summed E-state index contributed by atoms with van der Waals surface area (Å²) in [4.78, 5) is 0. The van der Waals surface area contributed by atoms with Gasteiger partial charge >= 0.3 is 0 Å². The molecule has 1 aromatic rings. The third-order valence-corrected chi connectivity index (χ3v) is 4.70. The standard InChI is InChI=1S/C7H8O6S2.2H3N/c8-14(9,10)7(15(11,12)13)6-4-2-1-3-5-6;;/h1-5,7H,(H,8,9,10)(H,11,12,13);2*1H3. The van der Waals surface area contributed by atoms with Crippen LogP contribution in [-0.2, 0) is 20.2 Å². The van der Waals surface area contributed by atoms with Gasteiger partial charge in [0.15, 0.2) is 0 Å². The first-order valence-corrected chi connectivity index (χ1v) is 6.71. The monoisotopic (exact) mass is 286 g/mol. The van der Waals surface area contributed by atoms with Crippen molar-refractivity contribution >= 4 is 20.2 Å². The molecule has 0 saturated heterocycles. The number of hydrogen-bond acceptors (Lipinski definition) is 6. The smallest absolute Gasteiger partial charge is 0.289 e. The normalized spacial score (nSPS) is 11.5. The fourth-order valence-corrected chi connectivity index (χ4v) is 3.34. The minimum Gasteiger partial charge on any atom is -0.344 e. The minimum atomic E-state index is -4.91. The van der Waals surface area contributed by atoms with Crippen molar-refractivity contribution in [3.8, 4) is 0 Å². The first kappa shape index (κ1) is 18.3. The topological polar surface area (TPSA) is 179 Å². The van der Waals surface area contributed by atoms with E-state index in [0.717, 1.165) is 0 Å². The maximum Gasteiger partial charge on any atom is 0.289 e. The average Bonchev–Trinajstić information content (AvgIpc) is 2.00. The molecule has 0 spiro atoms. The Labute approximate surface area is 99.3 Å². The maximum absolute atomic E-state index is 10.8. The van der Waals surface area contributed by atoms with Gasteiger partial charge in [-0.05, 0) is 5.56 Å². The van der Waals surface area contributed by atoms with Gasteiger partial charge in [-0.3, -0.25) is 9.11 Å². The van der Waals surface area contributed by atoms with E-state index < -0.39 is 24.8 Å². The van der Waals surface area contributed by atoms with Crippen molar-refractivity contribution < 1.29 is 25.9 Å². The quantitative estimate of drug-likeness (QED) is 0.588. The zero-order valence-electron chi connectivity index (χ0n) is 8.72. The van der Waals surface area contributed by atoms with Crippen LogP contribution in [0.5, 0.6) is 0 Å². The van der Waals surface area contributed by atoms with Crippen molar-refractivity contribution in [2.75, 3.05) is 0 Å². The van der Waals surface area contributed by atoms with Crippen LogP contribution in [0.25, 0.3) is 0 Å². The Kier molecular flexibility index (Phi) is 6.52. The highest BCUT2D eigenvalue weighted by molar-refractivity contribution is 8.03. The van der Waals surface area contributed by atoms with E-state index >= 15 is 0 Å². The van der Waals surface area contributed by atoms with E-state index in [-0.39, 0.29) is 17.9 Å². The van der Waals surface area contributed by atoms with Crippen LogP contribution in [0.1, 0.15) is 10.1 Å². The molecule has 0 aliphatic carbocycles. The molecule has 0 bridgehead atoms. The largest absolute Gasteiger partial charge is 0.344 e. The molecule has 1 rings (SSSR count). The average molecular weight is 286 g/mol. The molecule has 8 N–H and O–H groups in total. The fourth-order valence-electron chi connectivity index (χ4n) is 1.11. The molecule has 0 aliphatic rings. The van der Waals surface area contributed by atoms with Gasteiger partial charge in [-0.15, -0.1) is 0 Å². The van der Waals surface area contributed by atoms with Gasteiger partial charge in [-0.25, -0.2) is 0 Å². The lowest BCUT2D eigenvalue weighted by Crippen LogP contribution is -2.21. The Morgan fingerprint density at radius 2 is 1.18 bits per heavy atom. The summed E-state index contributed by atoms with van der Waals surface area (Å²) in [5.41, 5.74) is -0.220. The van der Waals surface area contributed by atoms with Crippen LogP contribution in [0.15, 0.2) is 30.3 Å². The van der Waals surface area contributed by atoms with Crippen LogP contribution < -0.4 is 12.3 Å². The summed E-state index contributed by atoms with van der Waals surface area (Å²) in [6.45, 7) is 0. The lowest BCUT2D eigenvalue weighted by molar-refractivity contribution is 0.456. The van der Waals surface area contributed by atoms with Gasteiger partial charge in [0.2, 0.25) is 4.58 Å². The van der Waals surface area contributed by atoms with E-state index in [1.807, 2.05) is 0 Å². The van der Waals surface area contributed by atoms with Crippen molar-refractivity contribution in [3.05, 3.63) is 35.9 Å². The van der Waals surface area contributed by atoms with E-state index in [4.69, 9.17) is 9.11 Å². The Hall–Kier alpha value is -1.04. The molecule has 0 amide bonds. The van der Waals surface area contributed by atoms with Gasteiger partial charge in [-0.1, -0.05) is 30.3 Å². The maximum atomic E-state index is 10.8. The predicted molar refractivity (Wildman–Crippen MR) is 62.3 cm³/mol. The SMILES string of the molecule is N.N.O=S(=O)(O)C(c1ccccc1)S(=O)(=O)O. The first-order valence-electron chi connectivity index (χ1n) is 3.70. The third kappa shape index (κ3) is 4.77. The summed E-state index contributed by atoms with van der Waals surface area (Å²) in [5, 5.41) is 0. The van der Waals surface area contributed by atoms with Crippen molar-refractivity contribution in [3.63, 3.8) is 0 Å². The molecule has 0 fully saturated rings. The summed E-state index contributed by atoms with van der Waals surface area (Å²) >= 11 is 0. The van der Waals surface area contributed by atoms with Crippen LogP contribution in [-0.4, -0.2) is 25.9 Å². The van der Waals surface area contributed by atoms with Crippen molar-refractivity contribution in [1.82, 2.24) is 12.3 Å². The number of rotatable bonds is 3. The Morgan fingerprint density at radius 1 is 0.824 bits per heavy atom. The lowest BCUT2D eigenvalue weighted by atomic mass is 10.2. The summed E-state index contributed by atoms with van der Waals surface area (Å²) < 4.78 is 58.2. The molecule has 0 unspecified atom stereocenters. The molecule has 10 heteroatoms. The molecular formula is C7H14N2O6S2. The molecule has 0 aromatic heterocycles. The number of hydrogen-bond donors (Lipinski definition) is 4. The van der Waals surface area contributed by atoms with Crippen molar-refractivity contribution in [1.29, 1.82) is 0 Å². The summed E-state index contributed by atoms with van der Waals surface area (Å²) in [6, 6.07) is 6.66. The molecule has 0 atom stereocenters. The van der Waals surface area contributed by atoms with Gasteiger partial charge in [-0.2, -0.15) is 16.8 Å². The van der Waals surface area contributed by atoms with Gasteiger partial charge in [0.05, 0.1) is 0 Å². The highest BCUT2D eigenvalue weighted by Gasteiger charge is 2.36. The van der Waals surface area contributed by atoms with Crippen molar-refractivity contribution in [2.24, 2.45) is 0 Å². The molecule has 1 aromatic carbocycles. The van der Waals surface area contributed by atoms with Crippen molar-refractivity contribution in [2.45, 2.75) is 4.58 Å². The Balaban J connectivity index is 0. The van der Waals surface area contributed by atoms with E-state index in [2.05, 4.69) is 0 Å². The summed E-state index contributed by atoms with van der Waals surface area (Å²) in [7, 11) is -9.83.